The van der Waals surface area contributed by atoms with Crippen molar-refractivity contribution in [3.05, 3.63) is 23.7 Å². The van der Waals surface area contributed by atoms with Gasteiger partial charge in [0.15, 0.2) is 0 Å². The molecule has 0 amide bonds. The quantitative estimate of drug-likeness (QED) is 0.789. The van der Waals surface area contributed by atoms with Crippen LogP contribution in [-0.4, -0.2) is 66.8 Å². The lowest BCUT2D eigenvalue weighted by Crippen LogP contribution is -2.32. The fourth-order valence-corrected chi connectivity index (χ4v) is 2.60. The van der Waals surface area contributed by atoms with E-state index in [-0.39, 0.29) is 12.6 Å². The van der Waals surface area contributed by atoms with E-state index in [0.717, 1.165) is 39.1 Å². The van der Waals surface area contributed by atoms with Crippen molar-refractivity contribution in [2.45, 2.75) is 19.9 Å². The molecule has 21 heavy (non-hydrogen) atoms. The first-order valence-corrected chi connectivity index (χ1v) is 7.53. The summed E-state index contributed by atoms with van der Waals surface area (Å²) in [6.07, 6.45) is 2.59. The molecule has 6 heteroatoms. The summed E-state index contributed by atoms with van der Waals surface area (Å²) in [6, 6.07) is 1.67. The van der Waals surface area contributed by atoms with Crippen LogP contribution in [-0.2, 0) is 11.3 Å². The second-order valence-corrected chi connectivity index (χ2v) is 5.17. The maximum absolute atomic E-state index is 11.8. The number of furan rings is 1. The molecule has 2 heterocycles. The van der Waals surface area contributed by atoms with Gasteiger partial charge in [-0.05, 0) is 32.5 Å². The highest BCUT2D eigenvalue weighted by Crippen LogP contribution is 2.16. The van der Waals surface area contributed by atoms with E-state index in [9.17, 15) is 4.79 Å². The molecule has 0 radical (unpaired) electrons. The number of aliphatic hydroxyl groups is 1. The molecule has 118 valence electrons. The minimum Gasteiger partial charge on any atom is -0.467 e. The van der Waals surface area contributed by atoms with E-state index in [1.165, 1.54) is 6.26 Å². The predicted octanol–water partition coefficient (Wildman–Crippen LogP) is 0.956. The highest BCUT2D eigenvalue weighted by Gasteiger charge is 2.20. The molecule has 1 fully saturated rings. The van der Waals surface area contributed by atoms with Crippen molar-refractivity contribution in [3.8, 4) is 0 Å². The molecule has 1 aromatic rings. The van der Waals surface area contributed by atoms with Gasteiger partial charge in [-0.3, -0.25) is 9.80 Å². The number of carbonyl (C=O) groups excluding carboxylic acids is 1. The topological polar surface area (TPSA) is 66.2 Å². The lowest BCUT2D eigenvalue weighted by molar-refractivity contribution is 0.0522. The zero-order valence-corrected chi connectivity index (χ0v) is 12.6. The molecular weight excluding hydrogens is 272 g/mol. The maximum atomic E-state index is 11.8. The Bertz CT molecular complexity index is 447. The van der Waals surface area contributed by atoms with Crippen LogP contribution in [0.25, 0.3) is 0 Å². The van der Waals surface area contributed by atoms with Gasteiger partial charge in [-0.2, -0.15) is 0 Å². The van der Waals surface area contributed by atoms with Gasteiger partial charge in [0, 0.05) is 19.6 Å². The third kappa shape index (κ3) is 4.56. The smallest absolute Gasteiger partial charge is 0.341 e. The highest BCUT2D eigenvalue weighted by molar-refractivity contribution is 5.90. The number of hydrogen-bond acceptors (Lipinski definition) is 6. The number of carbonyl (C=O) groups is 1. The number of β-amino-alcohol motifs (C(OH)–C–C–N with tert-alkyl or cyclic N) is 1. The summed E-state index contributed by atoms with van der Waals surface area (Å²) < 4.78 is 10.5. The Morgan fingerprint density at radius 2 is 2.10 bits per heavy atom. The predicted molar refractivity (Wildman–Crippen MR) is 78.1 cm³/mol. The molecule has 0 bridgehead atoms. The van der Waals surface area contributed by atoms with Crippen molar-refractivity contribution in [1.82, 2.24) is 9.80 Å². The van der Waals surface area contributed by atoms with Crippen LogP contribution in [0.4, 0.5) is 0 Å². The number of esters is 1. The van der Waals surface area contributed by atoms with Crippen molar-refractivity contribution in [2.24, 2.45) is 0 Å². The van der Waals surface area contributed by atoms with Crippen LogP contribution in [0.1, 0.15) is 29.5 Å². The number of aliphatic hydroxyl groups excluding tert-OH is 1. The Hall–Kier alpha value is -1.37. The fourth-order valence-electron chi connectivity index (χ4n) is 2.60. The van der Waals surface area contributed by atoms with E-state index in [4.69, 9.17) is 14.3 Å². The summed E-state index contributed by atoms with van der Waals surface area (Å²) in [7, 11) is 0. The van der Waals surface area contributed by atoms with Crippen molar-refractivity contribution < 1.29 is 19.1 Å². The van der Waals surface area contributed by atoms with E-state index < -0.39 is 0 Å². The second-order valence-electron chi connectivity index (χ2n) is 5.17. The average molecular weight is 296 g/mol. The number of nitrogens with zero attached hydrogens (tertiary/aromatic N) is 2. The van der Waals surface area contributed by atoms with Crippen LogP contribution in [0, 0.1) is 0 Å². The Kier molecular flexibility index (Phi) is 6.22. The summed E-state index contributed by atoms with van der Waals surface area (Å²) >= 11 is 0. The van der Waals surface area contributed by atoms with Crippen LogP contribution < -0.4 is 0 Å². The summed E-state index contributed by atoms with van der Waals surface area (Å²) in [5.41, 5.74) is 0.522. The second kappa shape index (κ2) is 8.17. The highest BCUT2D eigenvalue weighted by atomic mass is 16.5. The van der Waals surface area contributed by atoms with Crippen molar-refractivity contribution >= 4 is 5.97 Å². The summed E-state index contributed by atoms with van der Waals surface area (Å²) in [6.45, 7) is 7.50. The minimum atomic E-state index is -0.321. The molecule has 1 aliphatic heterocycles. The molecular formula is C15H24N2O4. The van der Waals surface area contributed by atoms with Crippen LogP contribution in [0.2, 0.25) is 0 Å². The van der Waals surface area contributed by atoms with Crippen LogP contribution in [0.5, 0.6) is 0 Å². The Morgan fingerprint density at radius 3 is 2.86 bits per heavy atom. The van der Waals surface area contributed by atoms with Crippen LogP contribution >= 0.6 is 0 Å². The lowest BCUT2D eigenvalue weighted by atomic mass is 10.2. The summed E-state index contributed by atoms with van der Waals surface area (Å²) in [5.74, 6) is 0.349. The van der Waals surface area contributed by atoms with Crippen molar-refractivity contribution in [2.75, 3.05) is 45.9 Å². The number of rotatable bonds is 6. The zero-order valence-electron chi connectivity index (χ0n) is 12.6. The molecule has 6 nitrogen and oxygen atoms in total. The van der Waals surface area contributed by atoms with Gasteiger partial charge in [0.05, 0.1) is 26.0 Å². The summed E-state index contributed by atoms with van der Waals surface area (Å²) in [5, 5.41) is 9.01. The van der Waals surface area contributed by atoms with Crippen LogP contribution in [0.3, 0.4) is 0 Å². The lowest BCUT2D eigenvalue weighted by Gasteiger charge is -2.20. The van der Waals surface area contributed by atoms with E-state index in [1.807, 2.05) is 0 Å². The van der Waals surface area contributed by atoms with Gasteiger partial charge in [0.1, 0.15) is 11.3 Å². The molecule has 2 rings (SSSR count). The largest absolute Gasteiger partial charge is 0.467 e. The molecule has 1 saturated heterocycles. The molecule has 0 saturated carbocycles. The molecule has 0 atom stereocenters. The van der Waals surface area contributed by atoms with E-state index >= 15 is 0 Å². The molecule has 1 aliphatic rings. The molecule has 1 aromatic heterocycles. The van der Waals surface area contributed by atoms with Gasteiger partial charge in [-0.15, -0.1) is 0 Å². The first kappa shape index (κ1) is 16.0. The molecule has 0 aliphatic carbocycles. The molecule has 1 N–H and O–H groups in total. The van der Waals surface area contributed by atoms with Crippen LogP contribution in [0.15, 0.2) is 16.7 Å². The van der Waals surface area contributed by atoms with Gasteiger partial charge in [0.2, 0.25) is 0 Å². The SMILES string of the molecule is CCOC(=O)c1ccoc1CN1CCCN(CCO)CC1. The number of ether oxygens (including phenoxy) is 1. The molecule has 0 spiro atoms. The third-order valence-electron chi connectivity index (χ3n) is 3.71. The Labute approximate surface area is 125 Å². The van der Waals surface area contributed by atoms with Gasteiger partial charge in [-0.25, -0.2) is 4.79 Å². The van der Waals surface area contributed by atoms with Crippen molar-refractivity contribution in [3.63, 3.8) is 0 Å². The summed E-state index contributed by atoms with van der Waals surface area (Å²) in [4.78, 5) is 16.4. The minimum absolute atomic E-state index is 0.200. The zero-order chi connectivity index (χ0) is 15.1. The number of hydrogen-bond donors (Lipinski definition) is 1. The van der Waals surface area contributed by atoms with Gasteiger partial charge in [-0.1, -0.05) is 0 Å². The first-order chi connectivity index (χ1) is 10.2. The van der Waals surface area contributed by atoms with E-state index in [2.05, 4.69) is 9.80 Å². The van der Waals surface area contributed by atoms with E-state index in [0.29, 0.717) is 24.5 Å². The Morgan fingerprint density at radius 1 is 1.33 bits per heavy atom. The maximum Gasteiger partial charge on any atom is 0.341 e. The average Bonchev–Trinajstić information content (AvgIpc) is 2.81. The monoisotopic (exact) mass is 296 g/mol. The Balaban J connectivity index is 1.93. The first-order valence-electron chi connectivity index (χ1n) is 7.53. The van der Waals surface area contributed by atoms with Gasteiger partial charge >= 0.3 is 5.97 Å². The third-order valence-corrected chi connectivity index (χ3v) is 3.71. The molecule has 0 unspecified atom stereocenters. The standard InChI is InChI=1S/C15H24N2O4/c1-2-20-15(19)13-4-11-21-14(13)12-17-6-3-5-16(7-8-17)9-10-18/h4,11,18H,2-3,5-10,12H2,1H3. The van der Waals surface area contributed by atoms with Gasteiger partial charge in [0.25, 0.3) is 0 Å². The van der Waals surface area contributed by atoms with E-state index in [1.54, 1.807) is 13.0 Å². The molecule has 0 aromatic carbocycles. The fraction of sp³-hybridized carbons (Fsp3) is 0.667. The van der Waals surface area contributed by atoms with Gasteiger partial charge < -0.3 is 14.3 Å². The van der Waals surface area contributed by atoms with Crippen molar-refractivity contribution in [1.29, 1.82) is 0 Å². The normalized spacial score (nSPS) is 17.6.